The second-order valence-electron chi connectivity index (χ2n) is 4.98. The molecule has 0 atom stereocenters. The molecule has 22 heavy (non-hydrogen) atoms. The van der Waals surface area contributed by atoms with Gasteiger partial charge in [0.1, 0.15) is 0 Å². The first-order valence-corrected chi connectivity index (χ1v) is 7.15. The molecule has 0 N–H and O–H groups in total. The Kier molecular flexibility index (Phi) is 2.93. The average molecular weight is 290 g/mol. The lowest BCUT2D eigenvalue weighted by Crippen LogP contribution is -1.99. The van der Waals surface area contributed by atoms with Gasteiger partial charge in [0.25, 0.3) is 0 Å². The van der Waals surface area contributed by atoms with Crippen LogP contribution < -0.4 is 0 Å². The van der Waals surface area contributed by atoms with Gasteiger partial charge in [0.05, 0.1) is 12.0 Å². The van der Waals surface area contributed by atoms with Crippen LogP contribution in [0.1, 0.15) is 12.7 Å². The van der Waals surface area contributed by atoms with Gasteiger partial charge in [0, 0.05) is 30.1 Å². The van der Waals surface area contributed by atoms with Crippen LogP contribution in [0.25, 0.3) is 22.6 Å². The van der Waals surface area contributed by atoms with E-state index in [-0.39, 0.29) is 0 Å². The summed E-state index contributed by atoms with van der Waals surface area (Å²) in [5.74, 6) is 0.867. The van der Waals surface area contributed by atoms with Gasteiger partial charge in [-0.25, -0.2) is 4.98 Å². The molecule has 6 nitrogen and oxygen atoms in total. The molecule has 108 valence electrons. The average Bonchev–Trinajstić information content (AvgIpc) is 3.24. The number of rotatable bonds is 3. The Morgan fingerprint density at radius 2 is 1.86 bits per heavy atom. The van der Waals surface area contributed by atoms with E-state index < -0.39 is 0 Å². The van der Waals surface area contributed by atoms with Crippen molar-refractivity contribution in [3.63, 3.8) is 0 Å². The van der Waals surface area contributed by atoms with Crippen LogP contribution in [0, 0.1) is 0 Å². The van der Waals surface area contributed by atoms with Crippen molar-refractivity contribution >= 4 is 5.65 Å². The van der Waals surface area contributed by atoms with Crippen LogP contribution in [0.5, 0.6) is 0 Å². The zero-order valence-corrected chi connectivity index (χ0v) is 12.1. The molecule has 3 heterocycles. The predicted octanol–water partition coefficient (Wildman–Crippen LogP) is 2.54. The monoisotopic (exact) mass is 290 g/mol. The normalized spacial score (nSPS) is 11.1. The highest BCUT2D eigenvalue weighted by molar-refractivity contribution is 5.61. The third kappa shape index (κ3) is 2.05. The molecule has 1 aromatic carbocycles. The van der Waals surface area contributed by atoms with E-state index >= 15 is 0 Å². The lowest BCUT2D eigenvalue weighted by Gasteiger charge is -2.05. The molecule has 0 unspecified atom stereocenters. The number of hydrogen-bond donors (Lipinski definition) is 0. The summed E-state index contributed by atoms with van der Waals surface area (Å²) < 4.78 is 3.77. The molecule has 0 amide bonds. The maximum absolute atomic E-state index is 4.64. The highest BCUT2D eigenvalue weighted by Crippen LogP contribution is 2.19. The minimum absolute atomic E-state index is 0.774. The molecule has 6 heteroatoms. The summed E-state index contributed by atoms with van der Waals surface area (Å²) in [7, 11) is 0. The number of aromatic nitrogens is 6. The van der Waals surface area contributed by atoms with E-state index in [1.54, 1.807) is 17.0 Å². The van der Waals surface area contributed by atoms with Gasteiger partial charge in [-0.05, 0) is 24.3 Å². The maximum Gasteiger partial charge on any atom is 0.177 e. The van der Waals surface area contributed by atoms with Crippen LogP contribution in [-0.4, -0.2) is 29.4 Å². The van der Waals surface area contributed by atoms with Crippen molar-refractivity contribution in [1.82, 2.24) is 29.4 Å². The van der Waals surface area contributed by atoms with Gasteiger partial charge in [-0.2, -0.15) is 9.61 Å². The van der Waals surface area contributed by atoms with Gasteiger partial charge in [0.2, 0.25) is 0 Å². The lowest BCUT2D eigenvalue weighted by molar-refractivity contribution is 0.827. The van der Waals surface area contributed by atoms with E-state index in [1.807, 2.05) is 29.8 Å². The van der Waals surface area contributed by atoms with Gasteiger partial charge >= 0.3 is 0 Å². The fourth-order valence-corrected chi connectivity index (χ4v) is 2.42. The topological polar surface area (TPSA) is 60.9 Å². The van der Waals surface area contributed by atoms with Crippen LogP contribution in [0.2, 0.25) is 0 Å². The van der Waals surface area contributed by atoms with Crippen molar-refractivity contribution in [2.75, 3.05) is 0 Å². The van der Waals surface area contributed by atoms with E-state index in [0.29, 0.717) is 0 Å². The van der Waals surface area contributed by atoms with Crippen LogP contribution in [0.15, 0.2) is 55.1 Å². The fourth-order valence-electron chi connectivity index (χ4n) is 2.42. The van der Waals surface area contributed by atoms with Gasteiger partial charge in [-0.1, -0.05) is 19.1 Å². The van der Waals surface area contributed by atoms with E-state index in [0.717, 1.165) is 34.8 Å². The van der Waals surface area contributed by atoms with E-state index in [1.165, 1.54) is 0 Å². The van der Waals surface area contributed by atoms with E-state index in [9.17, 15) is 0 Å². The minimum atomic E-state index is 0.774. The minimum Gasteiger partial charge on any atom is -0.306 e. The van der Waals surface area contributed by atoms with Crippen molar-refractivity contribution in [3.8, 4) is 16.9 Å². The molecular weight excluding hydrogens is 276 g/mol. The first kappa shape index (κ1) is 12.7. The molecule has 0 aliphatic carbocycles. The summed E-state index contributed by atoms with van der Waals surface area (Å²) in [5.41, 5.74) is 3.80. The summed E-state index contributed by atoms with van der Waals surface area (Å²) >= 11 is 0. The first-order valence-electron chi connectivity index (χ1n) is 7.15. The molecule has 0 fully saturated rings. The molecule has 0 bridgehead atoms. The van der Waals surface area contributed by atoms with Crippen molar-refractivity contribution < 1.29 is 0 Å². The zero-order chi connectivity index (χ0) is 14.9. The molecule has 4 aromatic rings. The second kappa shape index (κ2) is 5.07. The SMILES string of the molecule is CCc1nnc2ccc(-c3ccc(-n4ccnc4)cc3)nn12. The second-order valence-corrected chi connectivity index (χ2v) is 4.98. The summed E-state index contributed by atoms with van der Waals surface area (Å²) in [6.45, 7) is 2.05. The molecule has 0 aliphatic rings. The molecule has 0 saturated carbocycles. The third-order valence-corrected chi connectivity index (χ3v) is 3.61. The highest BCUT2D eigenvalue weighted by Gasteiger charge is 2.07. The Balaban J connectivity index is 1.75. The Hall–Kier alpha value is -3.02. The Bertz CT molecular complexity index is 906. The number of aryl methyl sites for hydroxylation is 1. The van der Waals surface area contributed by atoms with Gasteiger partial charge < -0.3 is 4.57 Å². The Morgan fingerprint density at radius 3 is 2.59 bits per heavy atom. The molecular formula is C16H14N6. The smallest absolute Gasteiger partial charge is 0.177 e. The molecule has 0 saturated heterocycles. The number of imidazole rings is 1. The quantitative estimate of drug-likeness (QED) is 0.582. The van der Waals surface area contributed by atoms with Gasteiger partial charge in [-0.15, -0.1) is 10.2 Å². The van der Waals surface area contributed by atoms with Crippen LogP contribution in [-0.2, 0) is 6.42 Å². The largest absolute Gasteiger partial charge is 0.306 e. The van der Waals surface area contributed by atoms with Crippen molar-refractivity contribution in [1.29, 1.82) is 0 Å². The highest BCUT2D eigenvalue weighted by atomic mass is 15.4. The number of fused-ring (bicyclic) bond motifs is 1. The summed E-state index contributed by atoms with van der Waals surface area (Å²) in [6.07, 6.45) is 6.27. The van der Waals surface area contributed by atoms with Crippen molar-refractivity contribution in [2.45, 2.75) is 13.3 Å². The third-order valence-electron chi connectivity index (χ3n) is 3.61. The molecule has 0 spiro atoms. The molecule has 4 rings (SSSR count). The maximum atomic E-state index is 4.64. The van der Waals surface area contributed by atoms with Crippen molar-refractivity contribution in [3.05, 3.63) is 60.9 Å². The van der Waals surface area contributed by atoms with Gasteiger partial charge in [-0.3, -0.25) is 0 Å². The molecule has 0 radical (unpaired) electrons. The van der Waals surface area contributed by atoms with Crippen molar-refractivity contribution in [2.24, 2.45) is 0 Å². The molecule has 3 aromatic heterocycles. The molecule has 0 aliphatic heterocycles. The predicted molar refractivity (Wildman–Crippen MR) is 82.7 cm³/mol. The van der Waals surface area contributed by atoms with Gasteiger partial charge in [0.15, 0.2) is 11.5 Å². The number of benzene rings is 1. The van der Waals surface area contributed by atoms with Crippen LogP contribution in [0.4, 0.5) is 0 Å². The van der Waals surface area contributed by atoms with E-state index in [2.05, 4.69) is 44.5 Å². The standard InChI is InChI=1S/C16H14N6/c1-2-15-18-19-16-8-7-14(20-22(15)16)12-3-5-13(6-4-12)21-10-9-17-11-21/h3-11H,2H2,1H3. The summed E-state index contributed by atoms with van der Waals surface area (Å²) in [4.78, 5) is 4.06. The summed E-state index contributed by atoms with van der Waals surface area (Å²) in [5, 5.41) is 12.9. The first-order chi connectivity index (χ1) is 10.8. The zero-order valence-electron chi connectivity index (χ0n) is 12.1. The van der Waals surface area contributed by atoms with Crippen LogP contribution >= 0.6 is 0 Å². The Labute approximate surface area is 127 Å². The summed E-state index contributed by atoms with van der Waals surface area (Å²) in [6, 6.07) is 12.1. The fraction of sp³-hybridized carbons (Fsp3) is 0.125. The Morgan fingerprint density at radius 1 is 1.00 bits per heavy atom. The lowest BCUT2D eigenvalue weighted by atomic mass is 10.1. The van der Waals surface area contributed by atoms with E-state index in [4.69, 9.17) is 0 Å². The van der Waals surface area contributed by atoms with Crippen LogP contribution in [0.3, 0.4) is 0 Å². The number of hydrogen-bond acceptors (Lipinski definition) is 4. The number of nitrogens with zero attached hydrogens (tertiary/aromatic N) is 6.